The average molecular weight is 251 g/mol. The van der Waals surface area contributed by atoms with Crippen molar-refractivity contribution in [2.45, 2.75) is 18.6 Å². The van der Waals surface area contributed by atoms with Gasteiger partial charge in [-0.2, -0.15) is 22.0 Å². The van der Waals surface area contributed by atoms with E-state index in [-0.39, 0.29) is 5.56 Å². The van der Waals surface area contributed by atoms with Crippen molar-refractivity contribution in [2.75, 3.05) is 0 Å². The van der Waals surface area contributed by atoms with E-state index in [4.69, 9.17) is 0 Å². The molecule has 1 aromatic rings. The highest BCUT2D eigenvalue weighted by molar-refractivity contribution is 5.34. The number of hydrogen-bond donors (Lipinski definition) is 0. The Morgan fingerprint density at radius 3 is 2.00 bits per heavy atom. The molecule has 0 aromatic heterocycles. The van der Waals surface area contributed by atoms with Crippen LogP contribution in [0, 0.1) is 0 Å². The van der Waals surface area contributed by atoms with Gasteiger partial charge >= 0.3 is 12.2 Å². The Morgan fingerprint density at radius 1 is 1.06 bits per heavy atom. The molecule has 0 aliphatic heterocycles. The van der Waals surface area contributed by atoms with Gasteiger partial charge in [-0.05, 0) is 17.7 Å². The van der Waals surface area contributed by atoms with Gasteiger partial charge in [0.25, 0.3) is 0 Å². The van der Waals surface area contributed by atoms with E-state index in [1.807, 2.05) is 0 Å². The lowest BCUT2D eigenvalue weighted by Crippen LogP contribution is -2.16. The summed E-state index contributed by atoms with van der Waals surface area (Å²) in [6.07, 6.45) is -4.75. The van der Waals surface area contributed by atoms with Gasteiger partial charge in [0.05, 0.1) is 12.0 Å². The second-order valence-electron chi connectivity index (χ2n) is 3.24. The van der Waals surface area contributed by atoms with Crippen molar-refractivity contribution in [3.05, 3.63) is 35.4 Å². The molecule has 0 amide bonds. The van der Waals surface area contributed by atoms with Crippen molar-refractivity contribution >= 4 is 6.08 Å². The zero-order valence-electron chi connectivity index (χ0n) is 8.26. The van der Waals surface area contributed by atoms with E-state index in [0.717, 1.165) is 12.1 Å². The maximum atomic E-state index is 12.8. The van der Waals surface area contributed by atoms with Crippen LogP contribution in [-0.2, 0) is 17.4 Å². The maximum absolute atomic E-state index is 12.8. The fourth-order valence-corrected chi connectivity index (χ4v) is 1.16. The van der Waals surface area contributed by atoms with Crippen molar-refractivity contribution < 1.29 is 26.7 Å². The van der Waals surface area contributed by atoms with E-state index in [9.17, 15) is 26.7 Å². The average Bonchev–Trinajstić information content (AvgIpc) is 2.16. The van der Waals surface area contributed by atoms with Crippen molar-refractivity contribution in [1.29, 1.82) is 0 Å². The number of alkyl halides is 5. The molecule has 0 fully saturated rings. The third-order valence-electron chi connectivity index (χ3n) is 1.91. The van der Waals surface area contributed by atoms with E-state index in [1.54, 1.807) is 0 Å². The van der Waals surface area contributed by atoms with Gasteiger partial charge in [-0.15, -0.1) is 4.99 Å². The third kappa shape index (κ3) is 3.96. The fourth-order valence-electron chi connectivity index (χ4n) is 1.16. The Morgan fingerprint density at radius 2 is 1.59 bits per heavy atom. The first-order valence-electron chi connectivity index (χ1n) is 4.37. The first-order valence-corrected chi connectivity index (χ1v) is 4.37. The fraction of sp³-hybridized carbons (Fsp3) is 0.300. The van der Waals surface area contributed by atoms with Crippen LogP contribution in [0.4, 0.5) is 22.0 Å². The number of rotatable bonds is 3. The molecule has 0 heterocycles. The second kappa shape index (κ2) is 4.63. The minimum absolute atomic E-state index is 0.0537. The molecule has 0 bridgehead atoms. The second-order valence-corrected chi connectivity index (χ2v) is 3.24. The van der Waals surface area contributed by atoms with Crippen molar-refractivity contribution in [3.8, 4) is 0 Å². The summed E-state index contributed by atoms with van der Waals surface area (Å²) in [6, 6.07) is -0.443. The van der Waals surface area contributed by atoms with Crippen LogP contribution >= 0.6 is 0 Å². The summed E-state index contributed by atoms with van der Waals surface area (Å²) < 4.78 is 62.1. The molecule has 2 nitrogen and oxygen atoms in total. The van der Waals surface area contributed by atoms with Gasteiger partial charge in [0.1, 0.15) is 0 Å². The lowest BCUT2D eigenvalue weighted by atomic mass is 10.1. The normalized spacial score (nSPS) is 12.1. The molecule has 0 unspecified atom stereocenters. The predicted molar refractivity (Wildman–Crippen MR) is 48.2 cm³/mol. The van der Waals surface area contributed by atoms with Crippen LogP contribution in [0.25, 0.3) is 0 Å². The molecule has 92 valence electrons. The van der Waals surface area contributed by atoms with Crippen molar-refractivity contribution in [2.24, 2.45) is 4.99 Å². The number of aliphatic imine (C=N–C) groups is 1. The van der Waals surface area contributed by atoms with E-state index >= 15 is 0 Å². The molecule has 0 N–H and O–H groups in total. The summed E-state index contributed by atoms with van der Waals surface area (Å²) in [4.78, 5) is 11.9. The van der Waals surface area contributed by atoms with Gasteiger partial charge in [-0.3, -0.25) is 0 Å². The van der Waals surface area contributed by atoms with Gasteiger partial charge < -0.3 is 0 Å². The van der Waals surface area contributed by atoms with Crippen LogP contribution in [0.15, 0.2) is 29.3 Å². The summed E-state index contributed by atoms with van der Waals surface area (Å²) in [5, 5.41) is 0. The number of carbonyl (C=O) groups excluding carboxylic acids is 1. The van der Waals surface area contributed by atoms with Gasteiger partial charge in [-0.25, -0.2) is 4.79 Å². The predicted octanol–water partition coefficient (Wildman–Crippen LogP) is 3.18. The molecule has 0 saturated carbocycles. The van der Waals surface area contributed by atoms with Crippen molar-refractivity contribution in [3.63, 3.8) is 0 Å². The van der Waals surface area contributed by atoms with Crippen LogP contribution < -0.4 is 0 Å². The van der Waals surface area contributed by atoms with E-state index in [0.29, 0.717) is 18.2 Å². The minimum Gasteiger partial charge on any atom is -0.211 e. The zero-order valence-corrected chi connectivity index (χ0v) is 8.26. The van der Waals surface area contributed by atoms with Crippen LogP contribution in [0.5, 0.6) is 0 Å². The molecule has 0 aliphatic carbocycles. The summed E-state index contributed by atoms with van der Waals surface area (Å²) in [6.45, 7) is 0. The van der Waals surface area contributed by atoms with Gasteiger partial charge in [0.15, 0.2) is 0 Å². The molecule has 7 heteroatoms. The smallest absolute Gasteiger partial charge is 0.211 e. The molecule has 0 radical (unpaired) electrons. The van der Waals surface area contributed by atoms with E-state index < -0.39 is 24.2 Å². The van der Waals surface area contributed by atoms with Gasteiger partial charge in [-0.1, -0.05) is 12.1 Å². The topological polar surface area (TPSA) is 29.4 Å². The Bertz CT molecular complexity index is 431. The highest BCUT2D eigenvalue weighted by Gasteiger charge is 2.31. The summed E-state index contributed by atoms with van der Waals surface area (Å²) in [5.41, 5.74) is -0.981. The maximum Gasteiger partial charge on any atom is 0.416 e. The molecular weight excluding hydrogens is 245 g/mol. The van der Waals surface area contributed by atoms with Crippen LogP contribution in [0.2, 0.25) is 0 Å². The Kier molecular flexibility index (Phi) is 3.63. The largest absolute Gasteiger partial charge is 0.416 e. The Hall–Kier alpha value is -1.75. The SMILES string of the molecule is O=C=NC(F)(F)Cc1ccc(C(F)(F)F)cc1. The lowest BCUT2D eigenvalue weighted by Gasteiger charge is -2.10. The Labute approximate surface area is 92.8 Å². The lowest BCUT2D eigenvalue weighted by molar-refractivity contribution is -0.137. The number of nitrogens with zero attached hydrogens (tertiary/aromatic N) is 1. The molecule has 17 heavy (non-hydrogen) atoms. The first kappa shape index (κ1) is 13.3. The standard InChI is InChI=1S/C10H6F5NO/c11-9(12,16-6-17)5-7-1-3-8(4-2-7)10(13,14)15/h1-4H,5H2. The summed E-state index contributed by atoms with van der Waals surface area (Å²) in [7, 11) is 0. The highest BCUT2D eigenvalue weighted by atomic mass is 19.4. The monoisotopic (exact) mass is 251 g/mol. The van der Waals surface area contributed by atoms with Gasteiger partial charge in [0, 0.05) is 0 Å². The molecule has 0 spiro atoms. The number of isocyanates is 1. The molecule has 0 atom stereocenters. The quantitative estimate of drug-likeness (QED) is 0.351. The summed E-state index contributed by atoms with van der Waals surface area (Å²) >= 11 is 0. The molecular formula is C10H6F5NO. The minimum atomic E-state index is -4.51. The third-order valence-corrected chi connectivity index (χ3v) is 1.91. The van der Waals surface area contributed by atoms with E-state index in [2.05, 4.69) is 4.99 Å². The molecule has 1 aromatic carbocycles. The van der Waals surface area contributed by atoms with Crippen LogP contribution in [0.3, 0.4) is 0 Å². The number of hydrogen-bond acceptors (Lipinski definition) is 2. The zero-order chi connectivity index (χ0) is 13.1. The molecule has 0 saturated heterocycles. The first-order chi connectivity index (χ1) is 7.74. The van der Waals surface area contributed by atoms with Crippen LogP contribution in [-0.4, -0.2) is 12.1 Å². The summed E-state index contributed by atoms with van der Waals surface area (Å²) in [5.74, 6) is 0. The van der Waals surface area contributed by atoms with E-state index in [1.165, 1.54) is 0 Å². The number of halogens is 5. The highest BCUT2D eigenvalue weighted by Crippen LogP contribution is 2.30. The number of benzene rings is 1. The Balaban J connectivity index is 2.86. The molecule has 0 aliphatic rings. The van der Waals surface area contributed by atoms with Crippen LogP contribution in [0.1, 0.15) is 11.1 Å². The van der Waals surface area contributed by atoms with Gasteiger partial charge in [0.2, 0.25) is 6.08 Å². The molecule has 1 rings (SSSR count). The van der Waals surface area contributed by atoms with Crippen molar-refractivity contribution in [1.82, 2.24) is 0 Å².